The van der Waals surface area contributed by atoms with Gasteiger partial charge in [0.15, 0.2) is 6.10 Å². The van der Waals surface area contributed by atoms with Crippen molar-refractivity contribution in [3.63, 3.8) is 0 Å². The lowest BCUT2D eigenvalue weighted by Crippen LogP contribution is -2.37. The molecule has 3 aromatic carbocycles. The standard InChI is InChI=1S/C24H16F4N2O3/c25-18-12-5-4-11-17(18)20-19-21(33-30(20)15-8-2-1-3-9-15)23(32)29(22(19)31)16-10-6-7-14(13-16)24(26,27)28/h1-13,19-21H. The van der Waals surface area contributed by atoms with E-state index in [0.29, 0.717) is 10.6 Å². The predicted molar refractivity (Wildman–Crippen MR) is 110 cm³/mol. The Labute approximate surface area is 185 Å². The van der Waals surface area contributed by atoms with Crippen molar-refractivity contribution in [1.82, 2.24) is 0 Å². The van der Waals surface area contributed by atoms with Gasteiger partial charge in [0.05, 0.1) is 23.0 Å². The van der Waals surface area contributed by atoms with Crippen molar-refractivity contribution in [3.05, 3.63) is 95.8 Å². The number of hydroxylamine groups is 1. The Bertz CT molecular complexity index is 1230. The zero-order valence-electron chi connectivity index (χ0n) is 16.9. The SMILES string of the molecule is O=C1C2ON(c3ccccc3)C(c3ccccc3F)C2C(=O)N1c1cccc(C(F)(F)F)c1. The molecule has 0 N–H and O–H groups in total. The molecular formula is C24H16F4N2O3. The normalized spacial score (nSPS) is 22.7. The van der Waals surface area contributed by atoms with Gasteiger partial charge in [-0.25, -0.2) is 14.4 Å². The fourth-order valence-corrected chi connectivity index (χ4v) is 4.32. The molecule has 2 fully saturated rings. The highest BCUT2D eigenvalue weighted by Gasteiger charge is 2.60. The van der Waals surface area contributed by atoms with E-state index in [1.54, 1.807) is 36.4 Å². The number of halogens is 4. The number of alkyl halides is 3. The molecule has 2 amide bonds. The maximum atomic E-state index is 14.8. The van der Waals surface area contributed by atoms with Crippen LogP contribution >= 0.6 is 0 Å². The second-order valence-electron chi connectivity index (χ2n) is 7.74. The molecule has 0 saturated carbocycles. The lowest BCUT2D eigenvalue weighted by molar-refractivity contribution is -0.137. The van der Waals surface area contributed by atoms with Crippen LogP contribution in [0.25, 0.3) is 0 Å². The van der Waals surface area contributed by atoms with Crippen LogP contribution in [0.1, 0.15) is 17.2 Å². The van der Waals surface area contributed by atoms with Crippen LogP contribution in [0.5, 0.6) is 0 Å². The summed E-state index contributed by atoms with van der Waals surface area (Å²) in [6.07, 6.45) is -5.95. The van der Waals surface area contributed by atoms with Gasteiger partial charge in [-0.3, -0.25) is 14.4 Å². The first-order valence-corrected chi connectivity index (χ1v) is 10.1. The van der Waals surface area contributed by atoms with Crippen LogP contribution in [0.3, 0.4) is 0 Å². The van der Waals surface area contributed by atoms with Crippen molar-refractivity contribution in [3.8, 4) is 0 Å². The number of rotatable bonds is 3. The fraction of sp³-hybridized carbons (Fsp3) is 0.167. The summed E-state index contributed by atoms with van der Waals surface area (Å²) in [5.41, 5.74) is -0.557. The van der Waals surface area contributed by atoms with Gasteiger partial charge < -0.3 is 0 Å². The summed E-state index contributed by atoms with van der Waals surface area (Å²) in [7, 11) is 0. The van der Waals surface area contributed by atoms with Crippen LogP contribution in [0.2, 0.25) is 0 Å². The van der Waals surface area contributed by atoms with E-state index < -0.39 is 47.4 Å². The van der Waals surface area contributed by atoms with Crippen molar-refractivity contribution in [2.75, 3.05) is 9.96 Å². The number of anilines is 2. The van der Waals surface area contributed by atoms with E-state index in [4.69, 9.17) is 4.84 Å². The van der Waals surface area contributed by atoms with E-state index in [9.17, 15) is 27.2 Å². The molecule has 3 unspecified atom stereocenters. The highest BCUT2D eigenvalue weighted by atomic mass is 19.4. The van der Waals surface area contributed by atoms with Gasteiger partial charge >= 0.3 is 6.18 Å². The van der Waals surface area contributed by atoms with Crippen LogP contribution in [-0.2, 0) is 20.6 Å². The molecule has 5 nitrogen and oxygen atoms in total. The lowest BCUT2D eigenvalue weighted by Gasteiger charge is -2.29. The van der Waals surface area contributed by atoms with Crippen molar-refractivity contribution in [1.29, 1.82) is 0 Å². The van der Waals surface area contributed by atoms with Gasteiger partial charge in [-0.2, -0.15) is 13.2 Å². The summed E-state index contributed by atoms with van der Waals surface area (Å²) in [4.78, 5) is 33.2. The van der Waals surface area contributed by atoms with Gasteiger partial charge in [-0.05, 0) is 36.4 Å². The summed E-state index contributed by atoms with van der Waals surface area (Å²) >= 11 is 0. The number of para-hydroxylation sites is 1. The molecule has 0 radical (unpaired) electrons. The summed E-state index contributed by atoms with van der Waals surface area (Å²) in [5, 5.41) is 1.33. The number of benzene rings is 3. The number of hydrogen-bond donors (Lipinski definition) is 0. The largest absolute Gasteiger partial charge is 0.416 e. The molecule has 5 rings (SSSR count). The molecule has 3 aromatic rings. The van der Waals surface area contributed by atoms with E-state index in [1.807, 2.05) is 0 Å². The Morgan fingerprint density at radius 3 is 2.15 bits per heavy atom. The van der Waals surface area contributed by atoms with Crippen LogP contribution in [0, 0.1) is 11.7 Å². The number of hydrogen-bond acceptors (Lipinski definition) is 4. The lowest BCUT2D eigenvalue weighted by atomic mass is 9.90. The minimum atomic E-state index is -4.64. The molecule has 0 bridgehead atoms. The monoisotopic (exact) mass is 456 g/mol. The first kappa shape index (κ1) is 21.1. The van der Waals surface area contributed by atoms with Crippen LogP contribution < -0.4 is 9.96 Å². The average Bonchev–Trinajstić information content (AvgIpc) is 3.30. The Balaban J connectivity index is 1.59. The Hall–Kier alpha value is -3.72. The zero-order valence-corrected chi connectivity index (χ0v) is 16.9. The highest BCUT2D eigenvalue weighted by Crippen LogP contribution is 2.48. The molecular weight excluding hydrogens is 440 g/mol. The summed E-state index contributed by atoms with van der Waals surface area (Å²) < 4.78 is 54.4. The molecule has 168 valence electrons. The van der Waals surface area contributed by atoms with Crippen molar-refractivity contribution in [2.24, 2.45) is 5.92 Å². The van der Waals surface area contributed by atoms with E-state index in [2.05, 4.69) is 0 Å². The molecule has 2 aliphatic rings. The maximum absolute atomic E-state index is 14.8. The number of carbonyl (C=O) groups excluding carboxylic acids is 2. The molecule has 2 heterocycles. The van der Waals surface area contributed by atoms with Gasteiger partial charge in [0.2, 0.25) is 5.91 Å². The first-order valence-electron chi connectivity index (χ1n) is 10.1. The second kappa shape index (κ2) is 7.70. The molecule has 3 atom stereocenters. The average molecular weight is 456 g/mol. The first-order chi connectivity index (χ1) is 15.8. The van der Waals surface area contributed by atoms with Crippen molar-refractivity contribution < 1.29 is 32.0 Å². The number of carbonyl (C=O) groups is 2. The van der Waals surface area contributed by atoms with E-state index in [-0.39, 0.29) is 11.3 Å². The number of imide groups is 1. The minimum absolute atomic E-state index is 0.140. The smallest absolute Gasteiger partial charge is 0.273 e. The van der Waals surface area contributed by atoms with Crippen LogP contribution in [-0.4, -0.2) is 17.9 Å². The molecule has 9 heteroatoms. The maximum Gasteiger partial charge on any atom is 0.416 e. The molecule has 33 heavy (non-hydrogen) atoms. The molecule has 0 spiro atoms. The highest BCUT2D eigenvalue weighted by molar-refractivity contribution is 6.24. The zero-order chi connectivity index (χ0) is 23.3. The van der Waals surface area contributed by atoms with Gasteiger partial charge in [0.25, 0.3) is 5.91 Å². The molecule has 2 saturated heterocycles. The van der Waals surface area contributed by atoms with Gasteiger partial charge in [0.1, 0.15) is 11.7 Å². The van der Waals surface area contributed by atoms with Crippen LogP contribution in [0.4, 0.5) is 28.9 Å². The molecule has 0 aromatic heterocycles. The third kappa shape index (κ3) is 3.45. The summed E-state index contributed by atoms with van der Waals surface area (Å²) in [6.45, 7) is 0. The predicted octanol–water partition coefficient (Wildman–Crippen LogP) is 4.90. The van der Waals surface area contributed by atoms with E-state index in [0.717, 1.165) is 18.2 Å². The number of amides is 2. The Morgan fingerprint density at radius 1 is 0.788 bits per heavy atom. The fourth-order valence-electron chi connectivity index (χ4n) is 4.32. The van der Waals surface area contributed by atoms with Gasteiger partial charge in [-0.15, -0.1) is 0 Å². The number of nitrogens with zero attached hydrogens (tertiary/aromatic N) is 2. The van der Waals surface area contributed by atoms with E-state index in [1.165, 1.54) is 29.3 Å². The Morgan fingerprint density at radius 2 is 1.45 bits per heavy atom. The van der Waals surface area contributed by atoms with Gasteiger partial charge in [-0.1, -0.05) is 42.5 Å². The van der Waals surface area contributed by atoms with Gasteiger partial charge in [0, 0.05) is 5.56 Å². The van der Waals surface area contributed by atoms with Crippen molar-refractivity contribution >= 4 is 23.2 Å². The number of fused-ring (bicyclic) bond motifs is 1. The molecule has 2 aliphatic heterocycles. The minimum Gasteiger partial charge on any atom is -0.273 e. The Kier molecular flexibility index (Phi) is 4.93. The topological polar surface area (TPSA) is 49.9 Å². The third-order valence-corrected chi connectivity index (χ3v) is 5.78. The third-order valence-electron chi connectivity index (χ3n) is 5.78. The van der Waals surface area contributed by atoms with Crippen LogP contribution in [0.15, 0.2) is 78.9 Å². The van der Waals surface area contributed by atoms with E-state index >= 15 is 0 Å². The molecule has 0 aliphatic carbocycles. The second-order valence-corrected chi connectivity index (χ2v) is 7.74. The summed E-state index contributed by atoms with van der Waals surface area (Å²) in [5.74, 6) is -3.30. The quantitative estimate of drug-likeness (QED) is 0.416. The van der Waals surface area contributed by atoms with Crippen molar-refractivity contribution in [2.45, 2.75) is 18.3 Å². The summed E-state index contributed by atoms with van der Waals surface area (Å²) in [6, 6.07) is 17.4.